The van der Waals surface area contributed by atoms with Crippen molar-refractivity contribution in [2.24, 2.45) is 5.92 Å². The van der Waals surface area contributed by atoms with Gasteiger partial charge in [-0.2, -0.15) is 0 Å². The summed E-state index contributed by atoms with van der Waals surface area (Å²) >= 11 is 6.95. The molecule has 0 fully saturated rings. The number of halogens is 3. The highest BCUT2D eigenvalue weighted by Crippen LogP contribution is 2.16. The van der Waals surface area contributed by atoms with Gasteiger partial charge in [0, 0.05) is 0 Å². The van der Waals surface area contributed by atoms with E-state index in [1.807, 2.05) is 106 Å². The zero-order valence-electron chi connectivity index (χ0n) is 19.4. The van der Waals surface area contributed by atoms with Gasteiger partial charge in [-0.1, -0.05) is 174 Å². The van der Waals surface area contributed by atoms with Crippen molar-refractivity contribution in [3.63, 3.8) is 0 Å². The number of carboxylic acids is 1. The van der Waals surface area contributed by atoms with Gasteiger partial charge in [-0.3, -0.25) is 4.79 Å². The second-order valence-electron chi connectivity index (χ2n) is 3.38. The molecule has 0 bridgehead atoms. The minimum absolute atomic E-state index is 0.248. The van der Waals surface area contributed by atoms with Gasteiger partial charge in [-0.15, -0.1) is 0 Å². The van der Waals surface area contributed by atoms with Crippen LogP contribution in [0.25, 0.3) is 0 Å². The molecular weight excluding hydrogens is 677 g/mol. The van der Waals surface area contributed by atoms with Gasteiger partial charge in [0.05, 0.1) is 5.92 Å². The fourth-order valence-corrected chi connectivity index (χ4v) is 1.30. The van der Waals surface area contributed by atoms with Gasteiger partial charge in [0.25, 0.3) is 0 Å². The van der Waals surface area contributed by atoms with E-state index in [-0.39, 0.29) is 5.92 Å². The monoisotopic (exact) mass is 722 g/mol. The molecule has 1 aromatic rings. The Morgan fingerprint density at radius 1 is 0.815 bits per heavy atom. The van der Waals surface area contributed by atoms with Crippen LogP contribution in [0.5, 0.6) is 0 Å². The third-order valence-corrected chi connectivity index (χ3v) is 2.17. The summed E-state index contributed by atoms with van der Waals surface area (Å²) in [5.74, 6) is -0.950. The molecule has 1 aromatic carbocycles. The Morgan fingerprint density at radius 2 is 1.11 bits per heavy atom. The largest absolute Gasteiger partial charge is 0.481 e. The van der Waals surface area contributed by atoms with Crippen LogP contribution in [0.3, 0.4) is 0 Å². The normalized spacial score (nSPS) is 8.41. The summed E-state index contributed by atoms with van der Waals surface area (Å²) in [6, 6.07) is 9.73. The third kappa shape index (κ3) is 46.7. The van der Waals surface area contributed by atoms with Gasteiger partial charge in [0.2, 0.25) is 0 Å². The summed E-state index contributed by atoms with van der Waals surface area (Å²) in [5, 5.41) is 8.83. The number of carbonyl (C=O) groups is 1. The van der Waals surface area contributed by atoms with Crippen LogP contribution in [0, 0.1) is 5.92 Å². The highest BCUT2D eigenvalue weighted by atomic mass is 127. The topological polar surface area (TPSA) is 37.3 Å². The Hall–Kier alpha value is 0.880. The smallest absolute Gasteiger partial charge is 0.306 e. The molecule has 1 rings (SSSR count). The Balaban J connectivity index is -0.0000000661. The maximum Gasteiger partial charge on any atom is 0.306 e. The summed E-state index contributed by atoms with van der Waals surface area (Å²) in [5.41, 5.74) is 1.09. The van der Waals surface area contributed by atoms with Crippen molar-refractivity contribution < 1.29 is 9.90 Å². The number of hydrogen-bond donors (Lipinski definition) is 1. The summed E-state index contributed by atoms with van der Waals surface area (Å²) < 4.78 is 0.743. The van der Waals surface area contributed by atoms with Gasteiger partial charge in [-0.25, -0.2) is 0 Å². The fraction of sp³-hybridized carbons (Fsp3) is 0.682. The molecule has 1 N–H and O–H groups in total. The average Bonchev–Trinajstić information content (AvgIpc) is 2.74. The standard InChI is InChI=1S/C11H14O2.5C2H6.CHI3/c1-2-10(11(12)13)8-9-6-4-3-5-7-9;5*1-2;2-1(3)4/h3-7,10H,2,8H2,1H3,(H,12,13);5*1-2H3;1H. The minimum Gasteiger partial charge on any atom is -0.481 e. The molecule has 5 heteroatoms. The first-order valence-electron chi connectivity index (χ1n) is 10.2. The van der Waals surface area contributed by atoms with Gasteiger partial charge in [0.1, 0.15) is -0.0619 Å². The van der Waals surface area contributed by atoms with E-state index >= 15 is 0 Å². The van der Waals surface area contributed by atoms with Gasteiger partial charge in [0.15, 0.2) is 0 Å². The van der Waals surface area contributed by atoms with E-state index in [9.17, 15) is 4.79 Å². The van der Waals surface area contributed by atoms with Gasteiger partial charge < -0.3 is 5.11 Å². The predicted molar refractivity (Wildman–Crippen MR) is 154 cm³/mol. The van der Waals surface area contributed by atoms with Gasteiger partial charge in [-0.05, 0) is 18.4 Å². The molecule has 0 radical (unpaired) electrons. The molecule has 0 saturated carbocycles. The van der Waals surface area contributed by atoms with Crippen LogP contribution in [-0.4, -0.2) is 11.0 Å². The van der Waals surface area contributed by atoms with Crippen LogP contribution >= 0.6 is 67.8 Å². The number of hydrogen-bond acceptors (Lipinski definition) is 1. The van der Waals surface area contributed by atoms with E-state index in [0.29, 0.717) is 12.8 Å². The first kappa shape index (κ1) is 42.1. The Bertz CT molecular complexity index is 316. The van der Waals surface area contributed by atoms with E-state index in [2.05, 4.69) is 67.8 Å². The van der Waals surface area contributed by atoms with Crippen molar-refractivity contribution in [1.29, 1.82) is 0 Å². The molecule has 0 aliphatic rings. The lowest BCUT2D eigenvalue weighted by atomic mass is 9.97. The lowest BCUT2D eigenvalue weighted by molar-refractivity contribution is -0.141. The highest BCUT2D eigenvalue weighted by Gasteiger charge is 2.14. The highest BCUT2D eigenvalue weighted by molar-refractivity contribution is 14.3. The number of carboxylic acid groups (broad SMARTS) is 1. The lowest BCUT2D eigenvalue weighted by Gasteiger charge is -2.08. The molecule has 0 saturated heterocycles. The molecule has 1 atom stereocenters. The number of alkyl halides is 3. The number of aliphatic carboxylic acids is 1. The van der Waals surface area contributed by atoms with E-state index in [4.69, 9.17) is 5.11 Å². The molecule has 2 nitrogen and oxygen atoms in total. The summed E-state index contributed by atoms with van der Waals surface area (Å²) in [6.07, 6.45) is 1.32. The van der Waals surface area contributed by atoms with E-state index in [0.717, 1.165) is 5.50 Å². The summed E-state index contributed by atoms with van der Waals surface area (Å²) in [4.78, 5) is 10.7. The van der Waals surface area contributed by atoms with Crippen molar-refractivity contribution in [3.8, 4) is 0 Å². The van der Waals surface area contributed by atoms with Crippen LogP contribution in [0.2, 0.25) is 0 Å². The molecule has 0 amide bonds. The van der Waals surface area contributed by atoms with E-state index < -0.39 is 5.97 Å². The van der Waals surface area contributed by atoms with Crippen molar-refractivity contribution in [2.75, 3.05) is 0 Å². The maximum absolute atomic E-state index is 10.7. The maximum atomic E-state index is 10.7. The van der Waals surface area contributed by atoms with Crippen molar-refractivity contribution in [3.05, 3.63) is 35.9 Å². The molecule has 0 heterocycles. The minimum atomic E-state index is -0.702. The zero-order chi connectivity index (χ0) is 23.3. The first-order chi connectivity index (χ1) is 13.0. The second kappa shape index (κ2) is 45.6. The molecule has 0 spiro atoms. The van der Waals surface area contributed by atoms with Crippen molar-refractivity contribution >= 4 is 73.7 Å². The molecular formula is C22H45I3O2. The van der Waals surface area contributed by atoms with Crippen LogP contribution in [-0.2, 0) is 11.2 Å². The lowest BCUT2D eigenvalue weighted by Crippen LogP contribution is -2.15. The molecule has 27 heavy (non-hydrogen) atoms. The summed E-state index contributed by atoms with van der Waals surface area (Å²) in [6.45, 7) is 21.9. The quantitative estimate of drug-likeness (QED) is 0.248. The van der Waals surface area contributed by atoms with Gasteiger partial charge >= 0.3 is 5.97 Å². The summed E-state index contributed by atoms with van der Waals surface area (Å²) in [7, 11) is 0. The molecule has 0 aliphatic heterocycles. The van der Waals surface area contributed by atoms with Crippen LogP contribution in [0.15, 0.2) is 30.3 Å². The van der Waals surface area contributed by atoms with E-state index in [1.165, 1.54) is 0 Å². The second-order valence-corrected chi connectivity index (χ2v) is 14.3. The average molecular weight is 722 g/mol. The van der Waals surface area contributed by atoms with Crippen LogP contribution < -0.4 is 0 Å². The Kier molecular flexibility index (Phi) is 71.0. The predicted octanol–water partition coefficient (Wildman–Crippen LogP) is 10.0. The number of benzene rings is 1. The number of rotatable bonds is 4. The van der Waals surface area contributed by atoms with Crippen molar-refractivity contribution in [1.82, 2.24) is 0 Å². The van der Waals surface area contributed by atoms with Crippen LogP contribution in [0.1, 0.15) is 88.1 Å². The molecule has 0 aliphatic carbocycles. The van der Waals surface area contributed by atoms with Crippen LogP contribution in [0.4, 0.5) is 0 Å². The first-order valence-corrected chi connectivity index (χ1v) is 13.9. The SMILES string of the molecule is CC.CC.CC.CC.CC.CCC(Cc1ccccc1)C(=O)O.IC(I)I. The van der Waals surface area contributed by atoms with Crippen molar-refractivity contribution in [2.45, 2.75) is 88.9 Å². The zero-order valence-corrected chi connectivity index (χ0v) is 25.9. The molecule has 166 valence electrons. The van der Waals surface area contributed by atoms with E-state index in [1.54, 1.807) is 0 Å². The fourth-order valence-electron chi connectivity index (χ4n) is 1.30. The Morgan fingerprint density at radius 3 is 1.33 bits per heavy atom. The Labute approximate surface area is 212 Å². The third-order valence-electron chi connectivity index (χ3n) is 2.17. The molecule has 0 aromatic heterocycles. The molecule has 1 unspecified atom stereocenters.